The van der Waals surface area contributed by atoms with Crippen LogP contribution in [0.4, 0.5) is 13.2 Å². The minimum atomic E-state index is -5.08. The smallest absolute Gasteiger partial charge is 0.475 e. The zero-order valence-corrected chi connectivity index (χ0v) is 17.3. The second-order valence-electron chi connectivity index (χ2n) is 8.40. The Bertz CT molecular complexity index is 860. The number of alkyl halides is 3. The predicted molar refractivity (Wildman–Crippen MR) is 104 cm³/mol. The molecule has 176 valence electrons. The Kier molecular flexibility index (Phi) is 6.47. The van der Waals surface area contributed by atoms with Crippen molar-refractivity contribution in [1.29, 1.82) is 0 Å². The number of benzene rings is 1. The highest BCUT2D eigenvalue weighted by molar-refractivity contribution is 5.81. The average Bonchev–Trinajstić information content (AvgIpc) is 3.11. The molecule has 2 saturated heterocycles. The predicted octanol–water partition coefficient (Wildman–Crippen LogP) is 2.31. The first-order valence-electron chi connectivity index (χ1n) is 10.6. The monoisotopic (exact) mass is 458 g/mol. The maximum atomic E-state index is 12.3. The molecule has 32 heavy (non-hydrogen) atoms. The molecule has 0 spiro atoms. The number of likely N-dealkylation sites (tertiary alicyclic amines) is 1. The van der Waals surface area contributed by atoms with Crippen LogP contribution in [-0.4, -0.2) is 66.2 Å². The third kappa shape index (κ3) is 5.44. The number of nitrogens with one attached hydrogen (secondary N) is 1. The standard InChI is InChI=1S/C19H24N2O4.C2HF3O2/c22-19(20-9-12-1-2-12)18-8-14-15(25-18)5-6-21(14)10-13-3-4-16-17(7-13)24-11-23-16;3-2(4,5)1(6)7/h3-4,7,12,14-15,18H,1-2,5-6,8-11H2,(H,20,22);(H,6,7)/t14-,15-,18+;/m0./s1. The zero-order valence-electron chi connectivity index (χ0n) is 17.3. The summed E-state index contributed by atoms with van der Waals surface area (Å²) < 4.78 is 48.6. The highest BCUT2D eigenvalue weighted by Gasteiger charge is 2.45. The van der Waals surface area contributed by atoms with Gasteiger partial charge in [-0.2, -0.15) is 13.2 Å². The van der Waals surface area contributed by atoms with Crippen molar-refractivity contribution in [2.75, 3.05) is 19.9 Å². The first-order chi connectivity index (χ1) is 15.2. The Morgan fingerprint density at radius 2 is 1.88 bits per heavy atom. The van der Waals surface area contributed by atoms with Gasteiger partial charge in [-0.3, -0.25) is 9.69 Å². The third-order valence-electron chi connectivity index (χ3n) is 6.01. The summed E-state index contributed by atoms with van der Waals surface area (Å²) in [5, 5.41) is 10.2. The summed E-state index contributed by atoms with van der Waals surface area (Å²) in [7, 11) is 0. The van der Waals surface area contributed by atoms with Gasteiger partial charge in [-0.05, 0) is 42.9 Å². The fourth-order valence-electron chi connectivity index (χ4n) is 4.15. The third-order valence-corrected chi connectivity index (χ3v) is 6.01. The van der Waals surface area contributed by atoms with E-state index in [0.717, 1.165) is 44.0 Å². The van der Waals surface area contributed by atoms with Crippen molar-refractivity contribution in [3.63, 3.8) is 0 Å². The van der Waals surface area contributed by atoms with Crippen LogP contribution in [0.5, 0.6) is 11.5 Å². The Labute approximate surface area is 182 Å². The van der Waals surface area contributed by atoms with Gasteiger partial charge in [0, 0.05) is 32.1 Å². The van der Waals surface area contributed by atoms with Gasteiger partial charge >= 0.3 is 12.1 Å². The highest BCUT2D eigenvalue weighted by Crippen LogP contribution is 2.36. The van der Waals surface area contributed by atoms with Crippen molar-refractivity contribution < 1.29 is 42.1 Å². The molecule has 1 aliphatic carbocycles. The van der Waals surface area contributed by atoms with Crippen LogP contribution in [0.3, 0.4) is 0 Å². The van der Waals surface area contributed by atoms with Crippen LogP contribution in [0.25, 0.3) is 0 Å². The van der Waals surface area contributed by atoms with Crippen LogP contribution in [-0.2, 0) is 20.9 Å². The molecule has 1 aromatic rings. The summed E-state index contributed by atoms with van der Waals surface area (Å²) in [6.45, 7) is 2.99. The number of hydrogen-bond donors (Lipinski definition) is 2. The van der Waals surface area contributed by atoms with E-state index in [1.165, 1.54) is 18.4 Å². The van der Waals surface area contributed by atoms with Gasteiger partial charge in [-0.25, -0.2) is 4.79 Å². The minimum absolute atomic E-state index is 0.0735. The largest absolute Gasteiger partial charge is 0.490 e. The van der Waals surface area contributed by atoms with Gasteiger partial charge in [0.1, 0.15) is 6.10 Å². The lowest BCUT2D eigenvalue weighted by atomic mass is 10.1. The molecule has 3 aliphatic heterocycles. The number of amides is 1. The Balaban J connectivity index is 0.000000307. The number of hydrogen-bond acceptors (Lipinski definition) is 6. The molecule has 1 amide bonds. The van der Waals surface area contributed by atoms with E-state index in [-0.39, 0.29) is 18.1 Å². The fraction of sp³-hybridized carbons (Fsp3) is 0.619. The van der Waals surface area contributed by atoms with E-state index in [4.69, 9.17) is 24.1 Å². The topological polar surface area (TPSA) is 97.3 Å². The van der Waals surface area contributed by atoms with Crippen molar-refractivity contribution in [2.45, 2.75) is 56.7 Å². The minimum Gasteiger partial charge on any atom is -0.475 e. The number of rotatable bonds is 5. The van der Waals surface area contributed by atoms with E-state index in [9.17, 15) is 18.0 Å². The SMILES string of the molecule is O=C(NCC1CC1)[C@H]1C[C@H]2[C@H](CCN2Cc2ccc3c(c2)OCO3)O1.O=C(O)C(F)(F)F. The summed E-state index contributed by atoms with van der Waals surface area (Å²) in [5.74, 6) is -0.336. The van der Waals surface area contributed by atoms with Crippen LogP contribution in [0, 0.1) is 5.92 Å². The van der Waals surface area contributed by atoms with E-state index in [1.54, 1.807) is 0 Å². The number of carboxylic acids is 1. The molecule has 3 atom stereocenters. The quantitative estimate of drug-likeness (QED) is 0.699. The van der Waals surface area contributed by atoms with Gasteiger partial charge < -0.3 is 24.6 Å². The molecule has 11 heteroatoms. The lowest BCUT2D eigenvalue weighted by Gasteiger charge is -2.22. The molecule has 0 unspecified atom stereocenters. The number of ether oxygens (including phenoxy) is 3. The maximum Gasteiger partial charge on any atom is 0.490 e. The number of aliphatic carboxylic acids is 1. The molecule has 1 saturated carbocycles. The summed E-state index contributed by atoms with van der Waals surface area (Å²) in [5.41, 5.74) is 1.21. The lowest BCUT2D eigenvalue weighted by Crippen LogP contribution is -2.37. The molecule has 0 aromatic heterocycles. The molecule has 2 N–H and O–H groups in total. The maximum absolute atomic E-state index is 12.3. The molecule has 0 bridgehead atoms. The lowest BCUT2D eigenvalue weighted by molar-refractivity contribution is -0.192. The summed E-state index contributed by atoms with van der Waals surface area (Å²) in [6, 6.07) is 6.47. The Morgan fingerprint density at radius 1 is 1.16 bits per heavy atom. The number of halogens is 3. The molecule has 5 rings (SSSR count). The van der Waals surface area contributed by atoms with Crippen molar-refractivity contribution >= 4 is 11.9 Å². The van der Waals surface area contributed by atoms with Crippen molar-refractivity contribution in [3.8, 4) is 11.5 Å². The van der Waals surface area contributed by atoms with E-state index in [0.29, 0.717) is 18.8 Å². The molecule has 0 radical (unpaired) electrons. The molecule has 4 aliphatic rings. The Hall–Kier alpha value is -2.53. The van der Waals surface area contributed by atoms with Crippen molar-refractivity contribution in [2.24, 2.45) is 5.92 Å². The number of carboxylic acid groups (broad SMARTS) is 1. The van der Waals surface area contributed by atoms with Gasteiger partial charge in [0.2, 0.25) is 12.7 Å². The molecule has 3 fully saturated rings. The second-order valence-corrected chi connectivity index (χ2v) is 8.40. The van der Waals surface area contributed by atoms with Crippen LogP contribution >= 0.6 is 0 Å². The number of nitrogens with zero attached hydrogens (tertiary/aromatic N) is 1. The summed E-state index contributed by atoms with van der Waals surface area (Å²) >= 11 is 0. The average molecular weight is 458 g/mol. The van der Waals surface area contributed by atoms with Gasteiger partial charge in [-0.1, -0.05) is 6.07 Å². The van der Waals surface area contributed by atoms with Gasteiger partial charge in [0.15, 0.2) is 11.5 Å². The first kappa shape index (κ1) is 22.7. The van der Waals surface area contributed by atoms with Crippen LogP contribution < -0.4 is 14.8 Å². The van der Waals surface area contributed by atoms with Crippen LogP contribution in [0.15, 0.2) is 18.2 Å². The number of carbonyl (C=O) groups is 2. The van der Waals surface area contributed by atoms with Crippen molar-refractivity contribution in [1.82, 2.24) is 10.2 Å². The molecule has 1 aromatic carbocycles. The van der Waals surface area contributed by atoms with E-state index < -0.39 is 12.1 Å². The molecule has 8 nitrogen and oxygen atoms in total. The summed E-state index contributed by atoms with van der Waals surface area (Å²) in [6.07, 6.45) is -0.882. The highest BCUT2D eigenvalue weighted by atomic mass is 19.4. The zero-order chi connectivity index (χ0) is 22.9. The first-order valence-corrected chi connectivity index (χ1v) is 10.6. The van der Waals surface area contributed by atoms with E-state index in [1.807, 2.05) is 6.07 Å². The fourth-order valence-corrected chi connectivity index (χ4v) is 4.15. The van der Waals surface area contributed by atoms with E-state index >= 15 is 0 Å². The van der Waals surface area contributed by atoms with E-state index in [2.05, 4.69) is 22.3 Å². The van der Waals surface area contributed by atoms with Crippen LogP contribution in [0.2, 0.25) is 0 Å². The molecule has 3 heterocycles. The molecular weight excluding hydrogens is 433 g/mol. The van der Waals surface area contributed by atoms with Gasteiger partial charge in [0.05, 0.1) is 6.10 Å². The van der Waals surface area contributed by atoms with Gasteiger partial charge in [-0.15, -0.1) is 0 Å². The van der Waals surface area contributed by atoms with Crippen molar-refractivity contribution in [3.05, 3.63) is 23.8 Å². The Morgan fingerprint density at radius 3 is 2.56 bits per heavy atom. The number of carbonyl (C=O) groups excluding carboxylic acids is 1. The summed E-state index contributed by atoms with van der Waals surface area (Å²) in [4.78, 5) is 23.7. The number of fused-ring (bicyclic) bond motifs is 2. The second kappa shape index (κ2) is 9.14. The molecular formula is C21H25F3N2O6. The van der Waals surface area contributed by atoms with Crippen LogP contribution in [0.1, 0.15) is 31.2 Å². The van der Waals surface area contributed by atoms with Gasteiger partial charge in [0.25, 0.3) is 0 Å². The normalized spacial score (nSPS) is 26.3.